The first-order valence-electron chi connectivity index (χ1n) is 3.83. The molecule has 3 nitrogen and oxygen atoms in total. The minimum atomic E-state index is -0.893. The number of hydrogen-bond donors (Lipinski definition) is 1. The van der Waals surface area contributed by atoms with Crippen LogP contribution < -0.4 is 5.32 Å². The van der Waals surface area contributed by atoms with Crippen molar-refractivity contribution in [1.29, 1.82) is 0 Å². The van der Waals surface area contributed by atoms with E-state index in [0.29, 0.717) is 0 Å². The molecule has 0 aromatic heterocycles. The molecule has 0 amide bonds. The molecule has 1 fully saturated rings. The van der Waals surface area contributed by atoms with E-state index >= 15 is 0 Å². The minimum Gasteiger partial charge on any atom is -0.332 e. The molecule has 2 unspecified atom stereocenters. The van der Waals surface area contributed by atoms with Gasteiger partial charge < -0.3 is 4.74 Å². The molecule has 3 heteroatoms. The van der Waals surface area contributed by atoms with Crippen molar-refractivity contribution < 1.29 is 9.84 Å². The van der Waals surface area contributed by atoms with Gasteiger partial charge in [-0.2, -0.15) is 0 Å². The van der Waals surface area contributed by atoms with E-state index in [-0.39, 0.29) is 6.23 Å². The van der Waals surface area contributed by atoms with E-state index < -0.39 is 6.29 Å². The van der Waals surface area contributed by atoms with Gasteiger partial charge in [-0.05, 0) is 32.7 Å². The monoisotopic (exact) mass is 144 g/mol. The summed E-state index contributed by atoms with van der Waals surface area (Å²) < 4.78 is 5.02. The van der Waals surface area contributed by atoms with E-state index in [1.807, 2.05) is 0 Å². The molecule has 1 rings (SSSR count). The third kappa shape index (κ3) is 2.64. The van der Waals surface area contributed by atoms with Gasteiger partial charge in [-0.3, -0.25) is 5.32 Å². The van der Waals surface area contributed by atoms with Crippen LogP contribution in [0.25, 0.3) is 0 Å². The molecule has 0 aromatic carbocycles. The Balaban J connectivity index is 2.13. The first-order valence-corrected chi connectivity index (χ1v) is 3.83. The second kappa shape index (κ2) is 3.91. The Hall–Kier alpha value is -0.120. The normalized spacial score (nSPS) is 30.0. The van der Waals surface area contributed by atoms with Crippen molar-refractivity contribution in [3.05, 3.63) is 0 Å². The Morgan fingerprint density at radius 2 is 2.40 bits per heavy atom. The van der Waals surface area contributed by atoms with Crippen LogP contribution in [0.4, 0.5) is 0 Å². The van der Waals surface area contributed by atoms with Crippen LogP contribution in [0, 0.1) is 0 Å². The van der Waals surface area contributed by atoms with Gasteiger partial charge in [0.15, 0.2) is 6.29 Å². The molecular weight excluding hydrogens is 130 g/mol. The van der Waals surface area contributed by atoms with Crippen LogP contribution in [0.1, 0.15) is 26.2 Å². The summed E-state index contributed by atoms with van der Waals surface area (Å²) in [5.41, 5.74) is 0. The predicted octanol–water partition coefficient (Wildman–Crippen LogP) is 0.879. The summed E-state index contributed by atoms with van der Waals surface area (Å²) in [6, 6.07) is 0. The van der Waals surface area contributed by atoms with E-state index in [4.69, 9.17) is 4.74 Å². The van der Waals surface area contributed by atoms with E-state index in [2.05, 4.69) is 5.32 Å². The zero-order valence-corrected chi connectivity index (χ0v) is 6.30. The van der Waals surface area contributed by atoms with Crippen molar-refractivity contribution in [2.75, 3.05) is 6.54 Å². The Morgan fingerprint density at radius 3 is 2.90 bits per heavy atom. The number of piperidine rings is 1. The van der Waals surface area contributed by atoms with Crippen molar-refractivity contribution in [2.24, 2.45) is 0 Å². The first-order chi connectivity index (χ1) is 4.79. The molecule has 1 N–H and O–H groups in total. The third-order valence-electron chi connectivity index (χ3n) is 1.62. The van der Waals surface area contributed by atoms with Gasteiger partial charge in [0.1, 0.15) is 6.23 Å². The molecule has 1 aliphatic rings. The molecule has 0 spiro atoms. The zero-order chi connectivity index (χ0) is 7.40. The van der Waals surface area contributed by atoms with Gasteiger partial charge in [-0.1, -0.05) is 0 Å². The Bertz CT molecular complexity index is 89.6. The summed E-state index contributed by atoms with van der Waals surface area (Å²) in [5.74, 6) is 0. The SMILES string of the molecule is CC([O])OC1CCCCN1. The second-order valence-corrected chi connectivity index (χ2v) is 2.64. The molecule has 0 saturated carbocycles. The highest BCUT2D eigenvalue weighted by Crippen LogP contribution is 2.08. The van der Waals surface area contributed by atoms with Gasteiger partial charge >= 0.3 is 0 Å². The molecule has 0 aromatic rings. The summed E-state index contributed by atoms with van der Waals surface area (Å²) in [6.45, 7) is 2.51. The Kier molecular flexibility index (Phi) is 3.12. The molecule has 1 saturated heterocycles. The maximum atomic E-state index is 10.5. The van der Waals surface area contributed by atoms with Gasteiger partial charge in [0.05, 0.1) is 0 Å². The van der Waals surface area contributed by atoms with E-state index in [1.165, 1.54) is 19.8 Å². The van der Waals surface area contributed by atoms with Crippen molar-refractivity contribution in [3.8, 4) is 0 Å². The molecule has 59 valence electrons. The largest absolute Gasteiger partial charge is 0.332 e. The quantitative estimate of drug-likeness (QED) is 0.584. The minimum absolute atomic E-state index is 0.0150. The fraction of sp³-hybridized carbons (Fsp3) is 1.00. The topological polar surface area (TPSA) is 41.2 Å². The van der Waals surface area contributed by atoms with Crippen LogP contribution in [0.2, 0.25) is 0 Å². The van der Waals surface area contributed by atoms with Crippen LogP contribution in [0.5, 0.6) is 0 Å². The van der Waals surface area contributed by atoms with Gasteiger partial charge in [0.2, 0.25) is 0 Å². The highest BCUT2D eigenvalue weighted by molar-refractivity contribution is 4.63. The molecule has 1 heterocycles. The molecule has 0 bridgehead atoms. The van der Waals surface area contributed by atoms with Crippen molar-refractivity contribution in [2.45, 2.75) is 38.7 Å². The fourth-order valence-corrected chi connectivity index (χ4v) is 1.17. The van der Waals surface area contributed by atoms with Crippen LogP contribution in [0.3, 0.4) is 0 Å². The lowest BCUT2D eigenvalue weighted by molar-refractivity contribution is -0.171. The smallest absolute Gasteiger partial charge is 0.190 e. The number of nitrogens with one attached hydrogen (secondary N) is 1. The predicted molar refractivity (Wildman–Crippen MR) is 36.9 cm³/mol. The molecule has 1 radical (unpaired) electrons. The lowest BCUT2D eigenvalue weighted by Crippen LogP contribution is -2.37. The molecular formula is C7H14NO2. The Labute approximate surface area is 61.4 Å². The summed E-state index contributed by atoms with van der Waals surface area (Å²) >= 11 is 0. The number of rotatable bonds is 2. The molecule has 10 heavy (non-hydrogen) atoms. The van der Waals surface area contributed by atoms with Crippen LogP contribution in [-0.2, 0) is 9.84 Å². The molecule has 0 aliphatic carbocycles. The number of ether oxygens (including phenoxy) is 1. The highest BCUT2D eigenvalue weighted by atomic mass is 16.6. The van der Waals surface area contributed by atoms with Crippen LogP contribution >= 0.6 is 0 Å². The molecule has 1 aliphatic heterocycles. The second-order valence-electron chi connectivity index (χ2n) is 2.64. The average molecular weight is 144 g/mol. The van der Waals surface area contributed by atoms with Crippen molar-refractivity contribution in [3.63, 3.8) is 0 Å². The lowest BCUT2D eigenvalue weighted by Gasteiger charge is -2.23. The lowest BCUT2D eigenvalue weighted by atomic mass is 10.1. The number of hydrogen-bond acceptors (Lipinski definition) is 2. The van der Waals surface area contributed by atoms with Crippen molar-refractivity contribution >= 4 is 0 Å². The average Bonchev–Trinajstić information content (AvgIpc) is 1.88. The summed E-state index contributed by atoms with van der Waals surface area (Å²) in [7, 11) is 0. The maximum Gasteiger partial charge on any atom is 0.190 e. The van der Waals surface area contributed by atoms with Gasteiger partial charge in [0, 0.05) is 0 Å². The highest BCUT2D eigenvalue weighted by Gasteiger charge is 2.14. The maximum absolute atomic E-state index is 10.5. The summed E-state index contributed by atoms with van der Waals surface area (Å²) in [4.78, 5) is 0. The van der Waals surface area contributed by atoms with Crippen molar-refractivity contribution in [1.82, 2.24) is 5.32 Å². The van der Waals surface area contributed by atoms with E-state index in [1.54, 1.807) is 0 Å². The van der Waals surface area contributed by atoms with Crippen LogP contribution in [-0.4, -0.2) is 19.1 Å². The van der Waals surface area contributed by atoms with Crippen LogP contribution in [0.15, 0.2) is 0 Å². The van der Waals surface area contributed by atoms with Gasteiger partial charge in [-0.15, -0.1) is 0 Å². The fourth-order valence-electron chi connectivity index (χ4n) is 1.17. The van der Waals surface area contributed by atoms with E-state index in [0.717, 1.165) is 13.0 Å². The van der Waals surface area contributed by atoms with Gasteiger partial charge in [-0.25, -0.2) is 5.11 Å². The van der Waals surface area contributed by atoms with Gasteiger partial charge in [0.25, 0.3) is 0 Å². The molecule has 2 atom stereocenters. The first kappa shape index (κ1) is 7.98. The summed E-state index contributed by atoms with van der Waals surface area (Å²) in [5, 5.41) is 13.7. The standard InChI is InChI=1S/C7H14NO2/c1-6(9)10-7-4-2-3-5-8-7/h6-8H,2-5H2,1H3. The zero-order valence-electron chi connectivity index (χ0n) is 6.30. The van der Waals surface area contributed by atoms with E-state index in [9.17, 15) is 5.11 Å². The Morgan fingerprint density at radius 1 is 1.60 bits per heavy atom. The third-order valence-corrected chi connectivity index (χ3v) is 1.62. The summed E-state index contributed by atoms with van der Waals surface area (Å²) in [6.07, 6.45) is 2.47.